The van der Waals surface area contributed by atoms with Crippen LogP contribution in [0.25, 0.3) is 82.8 Å². The number of nitrogens with zero attached hydrogens (tertiary/aromatic N) is 1. The summed E-state index contributed by atoms with van der Waals surface area (Å²) in [7, 11) is 0. The standard InChI is InChI=1S/C49H31NO/c1-2-10-36(11-3-1)50-45-16-8-6-13-39(45)42-28-35(23-26-46(42)50)34-22-25-38-37-12-4-5-15-41(37)49(44(38)30-34)32-20-18-31(19-21-32)33-24-27-48-43(29-33)40-14-7-9-17-47(40)51-48/h1-30,49H. The van der Waals surface area contributed by atoms with Crippen molar-refractivity contribution in [2.75, 3.05) is 0 Å². The van der Waals surface area contributed by atoms with Crippen LogP contribution in [0.3, 0.4) is 0 Å². The summed E-state index contributed by atoms with van der Waals surface area (Å²) in [5, 5.41) is 4.84. The Morgan fingerprint density at radius 1 is 0.373 bits per heavy atom. The van der Waals surface area contributed by atoms with Crippen LogP contribution in [0, 0.1) is 0 Å². The molecule has 238 valence electrons. The van der Waals surface area contributed by atoms with Crippen LogP contribution in [0.5, 0.6) is 0 Å². The Kier molecular flexibility index (Phi) is 6.05. The minimum atomic E-state index is 0.161. The number of benzene rings is 8. The van der Waals surface area contributed by atoms with Crippen molar-refractivity contribution in [2.24, 2.45) is 0 Å². The molecule has 0 radical (unpaired) electrons. The largest absolute Gasteiger partial charge is 0.456 e. The molecule has 8 aromatic carbocycles. The van der Waals surface area contributed by atoms with E-state index in [1.165, 1.54) is 77.6 Å². The summed E-state index contributed by atoms with van der Waals surface area (Å²) in [5.41, 5.74) is 17.0. The lowest BCUT2D eigenvalue weighted by molar-refractivity contribution is 0.669. The second-order valence-corrected chi connectivity index (χ2v) is 13.7. The molecule has 2 heterocycles. The van der Waals surface area contributed by atoms with Crippen molar-refractivity contribution in [2.45, 2.75) is 5.92 Å². The molecule has 0 spiro atoms. The number of aromatic nitrogens is 1. The van der Waals surface area contributed by atoms with E-state index in [4.69, 9.17) is 4.42 Å². The van der Waals surface area contributed by atoms with Crippen molar-refractivity contribution in [1.29, 1.82) is 0 Å². The Bertz CT molecular complexity index is 2960. The maximum absolute atomic E-state index is 6.10. The number of furan rings is 1. The third-order valence-corrected chi connectivity index (χ3v) is 10.9. The molecule has 11 rings (SSSR count). The number of fused-ring (bicyclic) bond motifs is 9. The van der Waals surface area contributed by atoms with Gasteiger partial charge in [0.25, 0.3) is 0 Å². The molecule has 0 saturated heterocycles. The van der Waals surface area contributed by atoms with Crippen LogP contribution in [-0.4, -0.2) is 4.57 Å². The Morgan fingerprint density at radius 3 is 1.88 bits per heavy atom. The zero-order chi connectivity index (χ0) is 33.5. The molecular weight excluding hydrogens is 619 g/mol. The fraction of sp³-hybridized carbons (Fsp3) is 0.0204. The van der Waals surface area contributed by atoms with Crippen LogP contribution in [-0.2, 0) is 0 Å². The first-order chi connectivity index (χ1) is 25.3. The zero-order valence-electron chi connectivity index (χ0n) is 27.8. The fourth-order valence-corrected chi connectivity index (χ4v) is 8.53. The van der Waals surface area contributed by atoms with Crippen molar-refractivity contribution in [1.82, 2.24) is 4.57 Å². The average Bonchev–Trinajstić information content (AvgIpc) is 3.85. The topological polar surface area (TPSA) is 18.1 Å². The SMILES string of the molecule is c1ccc(-n2c3ccccc3c3cc(-c4ccc5c(c4)C(c4ccc(-c6ccc7oc8ccccc8c7c6)cc4)c4ccccc4-5)ccc32)cc1. The Morgan fingerprint density at radius 2 is 0.980 bits per heavy atom. The van der Waals surface area contributed by atoms with Crippen LogP contribution < -0.4 is 0 Å². The summed E-state index contributed by atoms with van der Waals surface area (Å²) >= 11 is 0. The summed E-state index contributed by atoms with van der Waals surface area (Å²) in [5.74, 6) is 0.161. The maximum atomic E-state index is 6.10. The van der Waals surface area contributed by atoms with E-state index in [0.717, 1.165) is 21.9 Å². The first kappa shape index (κ1) is 28.2. The molecule has 2 nitrogen and oxygen atoms in total. The number of hydrogen-bond acceptors (Lipinski definition) is 1. The fourth-order valence-electron chi connectivity index (χ4n) is 8.53. The van der Waals surface area contributed by atoms with Crippen molar-refractivity contribution in [3.05, 3.63) is 199 Å². The minimum absolute atomic E-state index is 0.161. The summed E-state index contributed by atoms with van der Waals surface area (Å²) in [6, 6.07) is 66.3. The zero-order valence-corrected chi connectivity index (χ0v) is 27.8. The molecule has 10 aromatic rings. The summed E-state index contributed by atoms with van der Waals surface area (Å²) in [6.45, 7) is 0. The predicted octanol–water partition coefficient (Wildman–Crippen LogP) is 13.2. The van der Waals surface area contributed by atoms with Gasteiger partial charge in [-0.2, -0.15) is 0 Å². The van der Waals surface area contributed by atoms with E-state index in [0.29, 0.717) is 0 Å². The molecule has 0 saturated carbocycles. The molecule has 51 heavy (non-hydrogen) atoms. The van der Waals surface area contributed by atoms with Crippen molar-refractivity contribution < 1.29 is 4.42 Å². The van der Waals surface area contributed by atoms with Crippen molar-refractivity contribution in [3.63, 3.8) is 0 Å². The van der Waals surface area contributed by atoms with Gasteiger partial charge in [0, 0.05) is 33.2 Å². The minimum Gasteiger partial charge on any atom is -0.456 e. The van der Waals surface area contributed by atoms with E-state index in [1.807, 2.05) is 12.1 Å². The molecule has 0 amide bonds. The lowest BCUT2D eigenvalue weighted by Crippen LogP contribution is -1.99. The van der Waals surface area contributed by atoms with Gasteiger partial charge in [0.15, 0.2) is 0 Å². The van der Waals surface area contributed by atoms with Gasteiger partial charge in [-0.15, -0.1) is 0 Å². The van der Waals surface area contributed by atoms with Gasteiger partial charge in [0.05, 0.1) is 11.0 Å². The van der Waals surface area contributed by atoms with Gasteiger partial charge in [-0.25, -0.2) is 0 Å². The van der Waals surface area contributed by atoms with E-state index in [1.54, 1.807) is 0 Å². The van der Waals surface area contributed by atoms with Gasteiger partial charge in [-0.3, -0.25) is 0 Å². The summed E-state index contributed by atoms with van der Waals surface area (Å²) in [4.78, 5) is 0. The predicted molar refractivity (Wildman–Crippen MR) is 212 cm³/mol. The van der Waals surface area contributed by atoms with Gasteiger partial charge in [0.2, 0.25) is 0 Å². The Hall–Kier alpha value is -6.64. The normalized spacial score (nSPS) is 13.7. The van der Waals surface area contributed by atoms with Crippen LogP contribution >= 0.6 is 0 Å². The lowest BCUT2D eigenvalue weighted by atomic mass is 9.87. The first-order valence-electron chi connectivity index (χ1n) is 17.6. The highest BCUT2D eigenvalue weighted by Crippen LogP contribution is 2.49. The summed E-state index contributed by atoms with van der Waals surface area (Å²) < 4.78 is 8.47. The molecule has 1 atom stereocenters. The van der Waals surface area contributed by atoms with Gasteiger partial charge in [-0.1, -0.05) is 127 Å². The molecule has 0 N–H and O–H groups in total. The number of para-hydroxylation sites is 3. The van der Waals surface area contributed by atoms with Gasteiger partial charge in [-0.05, 0) is 105 Å². The highest BCUT2D eigenvalue weighted by Gasteiger charge is 2.30. The molecular formula is C49H31NO. The molecule has 1 unspecified atom stereocenters. The van der Waals surface area contributed by atoms with E-state index < -0.39 is 0 Å². The molecule has 1 aliphatic carbocycles. The van der Waals surface area contributed by atoms with Gasteiger partial charge >= 0.3 is 0 Å². The number of hydrogen-bond donors (Lipinski definition) is 0. The lowest BCUT2D eigenvalue weighted by Gasteiger charge is -2.16. The number of rotatable bonds is 4. The quantitative estimate of drug-likeness (QED) is 0.186. The smallest absolute Gasteiger partial charge is 0.135 e. The second kappa shape index (κ2) is 10.9. The van der Waals surface area contributed by atoms with Gasteiger partial charge in [0.1, 0.15) is 11.2 Å². The van der Waals surface area contributed by atoms with E-state index >= 15 is 0 Å². The highest BCUT2D eigenvalue weighted by atomic mass is 16.3. The van der Waals surface area contributed by atoms with Crippen LogP contribution in [0.4, 0.5) is 0 Å². The molecule has 2 aromatic heterocycles. The second-order valence-electron chi connectivity index (χ2n) is 13.7. The molecule has 1 aliphatic rings. The van der Waals surface area contributed by atoms with Crippen LogP contribution in [0.1, 0.15) is 22.6 Å². The molecule has 0 aliphatic heterocycles. The third-order valence-electron chi connectivity index (χ3n) is 10.9. The first-order valence-corrected chi connectivity index (χ1v) is 17.6. The molecule has 0 bridgehead atoms. The highest BCUT2D eigenvalue weighted by molar-refractivity contribution is 6.10. The van der Waals surface area contributed by atoms with Crippen LogP contribution in [0.2, 0.25) is 0 Å². The molecule has 2 heteroatoms. The Balaban J connectivity index is 1.01. The third kappa shape index (κ3) is 4.30. The summed E-state index contributed by atoms with van der Waals surface area (Å²) in [6.07, 6.45) is 0. The maximum Gasteiger partial charge on any atom is 0.135 e. The van der Waals surface area contributed by atoms with Crippen LogP contribution in [0.15, 0.2) is 186 Å². The Labute approximate surface area is 295 Å². The average molecular weight is 650 g/mol. The monoisotopic (exact) mass is 649 g/mol. The van der Waals surface area contributed by atoms with E-state index in [2.05, 4.69) is 174 Å². The van der Waals surface area contributed by atoms with Crippen molar-refractivity contribution >= 4 is 43.7 Å². The van der Waals surface area contributed by atoms with Gasteiger partial charge < -0.3 is 8.98 Å². The van der Waals surface area contributed by atoms with E-state index in [-0.39, 0.29) is 5.92 Å². The van der Waals surface area contributed by atoms with E-state index in [9.17, 15) is 0 Å². The molecule has 0 fully saturated rings. The van der Waals surface area contributed by atoms with Crippen molar-refractivity contribution in [3.8, 4) is 39.1 Å².